The number of carbonyl (C=O) groups excluding carboxylic acids is 2. The van der Waals surface area contributed by atoms with Gasteiger partial charge in [-0.25, -0.2) is 13.2 Å². The van der Waals surface area contributed by atoms with Crippen LogP contribution in [-0.2, 0) is 19.4 Å². The molecule has 10 heteroatoms. The number of nitrogens with two attached hydrogens (primary N) is 1. The topological polar surface area (TPSA) is 138 Å². The van der Waals surface area contributed by atoms with Crippen LogP contribution >= 0.6 is 0 Å². The van der Waals surface area contributed by atoms with Gasteiger partial charge < -0.3 is 24.9 Å². The molecule has 32 heavy (non-hydrogen) atoms. The number of hydrogen-bond donors (Lipinski definition) is 2. The number of aromatic nitrogens is 1. The minimum Gasteiger partial charge on any atom is -0.479 e. The summed E-state index contributed by atoms with van der Waals surface area (Å²) in [5.74, 6) is -0.0864. The number of nitrogens with one attached hydrogen (secondary N) is 1. The summed E-state index contributed by atoms with van der Waals surface area (Å²) in [5, 5.41) is 0. The van der Waals surface area contributed by atoms with Crippen molar-refractivity contribution in [3.63, 3.8) is 0 Å². The van der Waals surface area contributed by atoms with Gasteiger partial charge in [-0.2, -0.15) is 0 Å². The lowest BCUT2D eigenvalue weighted by Gasteiger charge is -2.15. The van der Waals surface area contributed by atoms with Crippen LogP contribution in [0.4, 0.5) is 0 Å². The maximum Gasteiger partial charge on any atom is 0.346 e. The summed E-state index contributed by atoms with van der Waals surface area (Å²) < 4.78 is 39.6. The number of benzene rings is 2. The fourth-order valence-electron chi connectivity index (χ4n) is 2.87. The Kier molecular flexibility index (Phi) is 6.54. The molecule has 0 bridgehead atoms. The SMILES string of the molecule is COC(=O)C(C)Oc1cc(Oc2ccc(S(C)(=O)=O)cc2)cc(-c2ccc(C(N)=O)[nH]2)c1. The highest BCUT2D eigenvalue weighted by Crippen LogP contribution is 2.33. The van der Waals surface area contributed by atoms with Crippen LogP contribution in [0.25, 0.3) is 11.3 Å². The van der Waals surface area contributed by atoms with Gasteiger partial charge in [0.1, 0.15) is 22.9 Å². The molecule has 0 aliphatic carbocycles. The number of amides is 1. The minimum atomic E-state index is -3.33. The van der Waals surface area contributed by atoms with E-state index in [4.69, 9.17) is 19.9 Å². The molecule has 9 nitrogen and oxygen atoms in total. The van der Waals surface area contributed by atoms with E-state index < -0.39 is 27.8 Å². The molecule has 0 saturated heterocycles. The van der Waals surface area contributed by atoms with Crippen molar-refractivity contribution in [3.8, 4) is 28.5 Å². The Labute approximate surface area is 185 Å². The maximum absolute atomic E-state index is 11.8. The number of H-pyrrole nitrogens is 1. The number of esters is 1. The lowest BCUT2D eigenvalue weighted by atomic mass is 10.1. The largest absolute Gasteiger partial charge is 0.479 e. The number of primary amides is 1. The van der Waals surface area contributed by atoms with Gasteiger partial charge in [-0.3, -0.25) is 4.79 Å². The average Bonchev–Trinajstić information content (AvgIpc) is 3.23. The van der Waals surface area contributed by atoms with Crippen LogP contribution in [0.15, 0.2) is 59.5 Å². The molecular formula is C22H22N2O7S. The van der Waals surface area contributed by atoms with Gasteiger partial charge >= 0.3 is 5.97 Å². The van der Waals surface area contributed by atoms with E-state index in [1.807, 2.05) is 0 Å². The molecule has 1 atom stereocenters. The Hall–Kier alpha value is -3.79. The Bertz CT molecular complexity index is 1250. The van der Waals surface area contributed by atoms with Crippen LogP contribution in [-0.4, -0.2) is 44.7 Å². The Morgan fingerprint density at radius 3 is 2.19 bits per heavy atom. The van der Waals surface area contributed by atoms with Crippen molar-refractivity contribution in [1.29, 1.82) is 0 Å². The third-order valence-electron chi connectivity index (χ3n) is 4.48. The Morgan fingerprint density at radius 2 is 1.62 bits per heavy atom. The van der Waals surface area contributed by atoms with Crippen molar-refractivity contribution in [2.24, 2.45) is 5.73 Å². The standard InChI is InChI=1S/C22H22N2O7S/c1-13(22(26)29-2)30-16-10-14(19-8-9-20(24-19)21(23)25)11-17(12-16)31-15-4-6-18(7-5-15)32(3,27)28/h4-13,24H,1-3H3,(H2,23,25). The summed E-state index contributed by atoms with van der Waals surface area (Å²) in [6, 6.07) is 14.1. The van der Waals surface area contributed by atoms with Crippen LogP contribution in [0.3, 0.4) is 0 Å². The van der Waals surface area contributed by atoms with Crippen molar-refractivity contribution in [2.45, 2.75) is 17.9 Å². The molecule has 0 fully saturated rings. The average molecular weight is 458 g/mol. The van der Waals surface area contributed by atoms with Crippen LogP contribution in [0, 0.1) is 0 Å². The molecule has 1 aromatic heterocycles. The zero-order valence-electron chi connectivity index (χ0n) is 17.6. The minimum absolute atomic E-state index is 0.167. The summed E-state index contributed by atoms with van der Waals surface area (Å²) in [6.45, 7) is 1.54. The van der Waals surface area contributed by atoms with E-state index in [0.29, 0.717) is 28.5 Å². The first kappa shape index (κ1) is 22.9. The Balaban J connectivity index is 1.97. The molecule has 1 heterocycles. The molecule has 0 aliphatic heterocycles. The summed E-state index contributed by atoms with van der Waals surface area (Å²) in [6.07, 6.45) is 0.247. The molecule has 1 unspecified atom stereocenters. The molecule has 3 N–H and O–H groups in total. The van der Waals surface area contributed by atoms with E-state index in [1.165, 1.54) is 31.4 Å². The van der Waals surface area contributed by atoms with E-state index in [1.54, 1.807) is 37.3 Å². The highest BCUT2D eigenvalue weighted by Gasteiger charge is 2.17. The number of hydrogen-bond acceptors (Lipinski definition) is 7. The van der Waals surface area contributed by atoms with Crippen molar-refractivity contribution in [3.05, 3.63) is 60.3 Å². The first-order valence-corrected chi connectivity index (χ1v) is 11.3. The van der Waals surface area contributed by atoms with Gasteiger partial charge in [-0.15, -0.1) is 0 Å². The zero-order valence-corrected chi connectivity index (χ0v) is 18.4. The number of ether oxygens (including phenoxy) is 3. The van der Waals surface area contributed by atoms with Gasteiger partial charge in [-0.05, 0) is 55.5 Å². The second kappa shape index (κ2) is 9.15. The van der Waals surface area contributed by atoms with Crippen LogP contribution in [0.5, 0.6) is 17.2 Å². The molecule has 0 radical (unpaired) electrons. The van der Waals surface area contributed by atoms with Crippen LogP contribution in [0.1, 0.15) is 17.4 Å². The van der Waals surface area contributed by atoms with E-state index in [-0.39, 0.29) is 10.6 Å². The smallest absolute Gasteiger partial charge is 0.346 e. The number of rotatable bonds is 8. The number of sulfone groups is 1. The molecule has 0 aliphatic rings. The van der Waals surface area contributed by atoms with Crippen molar-refractivity contribution >= 4 is 21.7 Å². The third-order valence-corrected chi connectivity index (χ3v) is 5.60. The normalized spacial score (nSPS) is 12.1. The summed E-state index contributed by atoms with van der Waals surface area (Å²) in [4.78, 5) is 26.3. The number of carbonyl (C=O) groups is 2. The summed E-state index contributed by atoms with van der Waals surface area (Å²) in [5.41, 5.74) is 6.72. The Morgan fingerprint density at radius 1 is 0.969 bits per heavy atom. The maximum atomic E-state index is 11.8. The molecule has 2 aromatic carbocycles. The monoisotopic (exact) mass is 458 g/mol. The van der Waals surface area contributed by atoms with Gasteiger partial charge in [-0.1, -0.05) is 0 Å². The molecule has 168 valence electrons. The first-order chi connectivity index (χ1) is 15.1. The van der Waals surface area contributed by atoms with Gasteiger partial charge in [0.2, 0.25) is 0 Å². The molecule has 0 saturated carbocycles. The second-order valence-corrected chi connectivity index (χ2v) is 8.99. The van der Waals surface area contributed by atoms with E-state index >= 15 is 0 Å². The van der Waals surface area contributed by atoms with Crippen molar-refractivity contribution in [2.75, 3.05) is 13.4 Å². The van der Waals surface area contributed by atoms with E-state index in [9.17, 15) is 18.0 Å². The molecule has 1 amide bonds. The highest BCUT2D eigenvalue weighted by molar-refractivity contribution is 7.90. The van der Waals surface area contributed by atoms with Crippen molar-refractivity contribution in [1.82, 2.24) is 4.98 Å². The number of aromatic amines is 1. The molecular weight excluding hydrogens is 436 g/mol. The van der Waals surface area contributed by atoms with Crippen LogP contribution < -0.4 is 15.2 Å². The summed E-state index contributed by atoms with van der Waals surface area (Å²) >= 11 is 0. The van der Waals surface area contributed by atoms with Gasteiger partial charge in [0, 0.05) is 23.6 Å². The molecule has 0 spiro atoms. The van der Waals surface area contributed by atoms with E-state index in [0.717, 1.165) is 6.26 Å². The lowest BCUT2D eigenvalue weighted by Crippen LogP contribution is -2.24. The predicted molar refractivity (Wildman–Crippen MR) is 116 cm³/mol. The predicted octanol–water partition coefficient (Wildman–Crippen LogP) is 2.92. The number of methoxy groups -OCH3 is 1. The van der Waals surface area contributed by atoms with Crippen molar-refractivity contribution < 1.29 is 32.2 Å². The fourth-order valence-corrected chi connectivity index (χ4v) is 3.50. The fraction of sp³-hybridized carbons (Fsp3) is 0.182. The first-order valence-electron chi connectivity index (χ1n) is 9.43. The van der Waals surface area contributed by atoms with Gasteiger partial charge in [0.15, 0.2) is 15.9 Å². The van der Waals surface area contributed by atoms with Crippen LogP contribution in [0.2, 0.25) is 0 Å². The third kappa shape index (κ3) is 5.46. The van der Waals surface area contributed by atoms with Gasteiger partial charge in [0.05, 0.1) is 12.0 Å². The zero-order chi connectivity index (χ0) is 23.5. The second-order valence-electron chi connectivity index (χ2n) is 6.97. The quantitative estimate of drug-likeness (QED) is 0.495. The highest BCUT2D eigenvalue weighted by atomic mass is 32.2. The lowest BCUT2D eigenvalue weighted by molar-refractivity contribution is -0.147. The van der Waals surface area contributed by atoms with Gasteiger partial charge in [0.25, 0.3) is 5.91 Å². The molecule has 3 aromatic rings. The van der Waals surface area contributed by atoms with E-state index in [2.05, 4.69) is 4.98 Å². The summed E-state index contributed by atoms with van der Waals surface area (Å²) in [7, 11) is -2.07. The molecule has 3 rings (SSSR count).